The molecule has 7 heteroatoms. The Labute approximate surface area is 95.8 Å². The SMILES string of the molecule is N[C@@H]1CCN(C(=O)c2csc([N+](=O)[O-])c2)C1. The maximum absolute atomic E-state index is 11.9. The Morgan fingerprint density at radius 2 is 2.44 bits per heavy atom. The standard InChI is InChI=1S/C9H11N3O3S/c10-7-1-2-11(4-7)9(13)6-3-8(12(14)15)16-5-6/h3,5,7H,1-2,4,10H2/t7-/m1/s1. The summed E-state index contributed by atoms with van der Waals surface area (Å²) >= 11 is 0.968. The minimum Gasteiger partial charge on any atom is -0.337 e. The predicted octanol–water partition coefficient (Wildman–Crippen LogP) is 0.829. The number of carbonyl (C=O) groups is 1. The normalized spacial score (nSPS) is 20.1. The van der Waals surface area contributed by atoms with E-state index in [-0.39, 0.29) is 17.0 Å². The Morgan fingerprint density at radius 1 is 1.69 bits per heavy atom. The first-order valence-electron chi connectivity index (χ1n) is 4.85. The van der Waals surface area contributed by atoms with Gasteiger partial charge in [-0.3, -0.25) is 14.9 Å². The van der Waals surface area contributed by atoms with Gasteiger partial charge in [-0.25, -0.2) is 0 Å². The van der Waals surface area contributed by atoms with Crippen LogP contribution in [0.15, 0.2) is 11.4 Å². The monoisotopic (exact) mass is 241 g/mol. The smallest absolute Gasteiger partial charge is 0.324 e. The molecule has 1 aromatic heterocycles. The van der Waals surface area contributed by atoms with Crippen LogP contribution in [0.5, 0.6) is 0 Å². The fraction of sp³-hybridized carbons (Fsp3) is 0.444. The van der Waals surface area contributed by atoms with Gasteiger partial charge in [-0.05, 0) is 6.42 Å². The summed E-state index contributed by atoms with van der Waals surface area (Å²) in [5.74, 6) is -0.169. The van der Waals surface area contributed by atoms with Gasteiger partial charge in [0.2, 0.25) is 0 Å². The zero-order valence-electron chi connectivity index (χ0n) is 8.46. The number of amides is 1. The molecule has 0 bridgehead atoms. The summed E-state index contributed by atoms with van der Waals surface area (Å²) in [4.78, 5) is 23.5. The number of rotatable bonds is 2. The summed E-state index contributed by atoms with van der Waals surface area (Å²) < 4.78 is 0. The van der Waals surface area contributed by atoms with E-state index < -0.39 is 4.92 Å². The van der Waals surface area contributed by atoms with Crippen molar-refractivity contribution in [1.29, 1.82) is 0 Å². The Kier molecular flexibility index (Phi) is 2.88. The summed E-state index contributed by atoms with van der Waals surface area (Å²) in [5, 5.41) is 12.0. The molecule has 1 amide bonds. The van der Waals surface area contributed by atoms with Crippen molar-refractivity contribution in [2.45, 2.75) is 12.5 Å². The van der Waals surface area contributed by atoms with Crippen LogP contribution in [-0.2, 0) is 0 Å². The van der Waals surface area contributed by atoms with Crippen molar-refractivity contribution in [3.8, 4) is 0 Å². The third kappa shape index (κ3) is 2.05. The van der Waals surface area contributed by atoms with E-state index >= 15 is 0 Å². The van der Waals surface area contributed by atoms with E-state index in [0.29, 0.717) is 18.7 Å². The van der Waals surface area contributed by atoms with Gasteiger partial charge in [0.1, 0.15) is 0 Å². The Balaban J connectivity index is 2.11. The van der Waals surface area contributed by atoms with Crippen molar-refractivity contribution < 1.29 is 9.72 Å². The molecule has 1 aliphatic rings. The van der Waals surface area contributed by atoms with Crippen molar-refractivity contribution in [2.24, 2.45) is 5.73 Å². The van der Waals surface area contributed by atoms with Gasteiger partial charge in [-0.2, -0.15) is 0 Å². The molecule has 1 aliphatic heterocycles. The summed E-state index contributed by atoms with van der Waals surface area (Å²) in [5.41, 5.74) is 6.08. The average Bonchev–Trinajstić information content (AvgIpc) is 2.84. The molecule has 1 aromatic rings. The number of carbonyl (C=O) groups excluding carboxylic acids is 1. The second kappa shape index (κ2) is 4.18. The van der Waals surface area contributed by atoms with Crippen LogP contribution in [0.3, 0.4) is 0 Å². The molecule has 86 valence electrons. The average molecular weight is 241 g/mol. The third-order valence-electron chi connectivity index (χ3n) is 2.52. The molecular formula is C9H11N3O3S. The highest BCUT2D eigenvalue weighted by molar-refractivity contribution is 7.13. The van der Waals surface area contributed by atoms with Crippen LogP contribution in [-0.4, -0.2) is 34.9 Å². The van der Waals surface area contributed by atoms with Crippen LogP contribution in [0, 0.1) is 10.1 Å². The van der Waals surface area contributed by atoms with Crippen molar-refractivity contribution >= 4 is 22.2 Å². The van der Waals surface area contributed by atoms with E-state index in [9.17, 15) is 14.9 Å². The molecule has 1 atom stereocenters. The Hall–Kier alpha value is -1.47. The lowest BCUT2D eigenvalue weighted by molar-refractivity contribution is -0.380. The molecule has 2 N–H and O–H groups in total. The molecule has 0 aromatic carbocycles. The van der Waals surface area contributed by atoms with Gasteiger partial charge >= 0.3 is 5.00 Å². The van der Waals surface area contributed by atoms with Gasteiger partial charge in [0.25, 0.3) is 5.91 Å². The minimum absolute atomic E-state index is 0.00755. The van der Waals surface area contributed by atoms with E-state index in [1.165, 1.54) is 11.4 Å². The molecule has 0 spiro atoms. The summed E-state index contributed by atoms with van der Waals surface area (Å²) in [6.07, 6.45) is 0.790. The van der Waals surface area contributed by atoms with E-state index in [2.05, 4.69) is 0 Å². The van der Waals surface area contributed by atoms with Crippen molar-refractivity contribution in [2.75, 3.05) is 13.1 Å². The number of nitrogens with two attached hydrogens (primary N) is 1. The molecule has 1 fully saturated rings. The molecule has 0 saturated carbocycles. The lowest BCUT2D eigenvalue weighted by atomic mass is 10.3. The van der Waals surface area contributed by atoms with Crippen molar-refractivity contribution in [3.05, 3.63) is 27.1 Å². The number of thiophene rings is 1. The van der Waals surface area contributed by atoms with Crippen LogP contribution in [0.1, 0.15) is 16.8 Å². The maximum atomic E-state index is 11.9. The molecule has 0 radical (unpaired) electrons. The highest BCUT2D eigenvalue weighted by Crippen LogP contribution is 2.24. The molecular weight excluding hydrogens is 230 g/mol. The van der Waals surface area contributed by atoms with Gasteiger partial charge < -0.3 is 10.6 Å². The topological polar surface area (TPSA) is 89.5 Å². The maximum Gasteiger partial charge on any atom is 0.324 e. The van der Waals surface area contributed by atoms with E-state index in [0.717, 1.165) is 17.8 Å². The second-order valence-corrected chi connectivity index (χ2v) is 4.62. The first-order valence-corrected chi connectivity index (χ1v) is 5.73. The van der Waals surface area contributed by atoms with E-state index in [1.54, 1.807) is 4.90 Å². The minimum atomic E-state index is -0.489. The first-order chi connectivity index (χ1) is 7.58. The van der Waals surface area contributed by atoms with Crippen molar-refractivity contribution in [1.82, 2.24) is 4.90 Å². The molecule has 2 heterocycles. The van der Waals surface area contributed by atoms with Crippen LogP contribution in [0.4, 0.5) is 5.00 Å². The van der Waals surface area contributed by atoms with Crippen LogP contribution in [0.2, 0.25) is 0 Å². The lowest BCUT2D eigenvalue weighted by Crippen LogP contribution is -2.31. The van der Waals surface area contributed by atoms with Crippen molar-refractivity contribution in [3.63, 3.8) is 0 Å². The number of nitrogens with zero attached hydrogens (tertiary/aromatic N) is 2. The third-order valence-corrected chi connectivity index (χ3v) is 3.40. The molecule has 0 aliphatic carbocycles. The second-order valence-electron chi connectivity index (χ2n) is 3.73. The summed E-state index contributed by atoms with van der Waals surface area (Å²) in [6.45, 7) is 1.16. The molecule has 16 heavy (non-hydrogen) atoms. The highest BCUT2D eigenvalue weighted by Gasteiger charge is 2.26. The fourth-order valence-electron chi connectivity index (χ4n) is 1.69. The highest BCUT2D eigenvalue weighted by atomic mass is 32.1. The zero-order valence-corrected chi connectivity index (χ0v) is 9.27. The summed E-state index contributed by atoms with van der Waals surface area (Å²) in [6, 6.07) is 1.34. The van der Waals surface area contributed by atoms with Gasteiger partial charge in [-0.1, -0.05) is 11.3 Å². The quantitative estimate of drug-likeness (QED) is 0.613. The lowest BCUT2D eigenvalue weighted by Gasteiger charge is -2.14. The van der Waals surface area contributed by atoms with Gasteiger partial charge in [0.05, 0.1) is 10.5 Å². The zero-order chi connectivity index (χ0) is 11.7. The largest absolute Gasteiger partial charge is 0.337 e. The van der Waals surface area contributed by atoms with Gasteiger partial charge in [-0.15, -0.1) is 0 Å². The van der Waals surface area contributed by atoms with E-state index in [1.807, 2.05) is 0 Å². The van der Waals surface area contributed by atoms with Crippen LogP contribution >= 0.6 is 11.3 Å². The predicted molar refractivity (Wildman–Crippen MR) is 59.5 cm³/mol. The summed E-state index contributed by atoms with van der Waals surface area (Å²) in [7, 11) is 0. The first kappa shape index (κ1) is 11.0. The van der Waals surface area contributed by atoms with Gasteiger partial charge in [0.15, 0.2) is 0 Å². The van der Waals surface area contributed by atoms with Gasteiger partial charge in [0, 0.05) is 30.6 Å². The fourth-order valence-corrected chi connectivity index (χ4v) is 2.38. The Morgan fingerprint density at radius 3 is 2.94 bits per heavy atom. The number of nitro groups is 1. The molecule has 1 saturated heterocycles. The number of hydrogen-bond donors (Lipinski definition) is 1. The Bertz CT molecular complexity index is 431. The van der Waals surface area contributed by atoms with Crippen LogP contribution in [0.25, 0.3) is 0 Å². The van der Waals surface area contributed by atoms with Crippen LogP contribution < -0.4 is 5.73 Å². The number of hydrogen-bond acceptors (Lipinski definition) is 5. The van der Waals surface area contributed by atoms with E-state index in [4.69, 9.17) is 5.73 Å². The molecule has 6 nitrogen and oxygen atoms in total. The molecule has 2 rings (SSSR count). The number of likely N-dealkylation sites (tertiary alicyclic amines) is 1. The molecule has 0 unspecified atom stereocenters.